The standard InChI is InChI=1S/C14H13N5S/c1-2-4-10(5-3-1)12-14-18-17-13(11-8-15-9-20-11)19(14)7-6-16-12/h1-5,8-9,12,16H,6-7H2. The molecule has 1 aliphatic heterocycles. The number of benzene rings is 1. The van der Waals surface area contributed by atoms with E-state index in [1.807, 2.05) is 17.8 Å². The van der Waals surface area contributed by atoms with Crippen LogP contribution in [0, 0.1) is 0 Å². The van der Waals surface area contributed by atoms with Crippen LogP contribution in [0.1, 0.15) is 17.4 Å². The maximum atomic E-state index is 4.40. The fourth-order valence-corrected chi connectivity index (χ4v) is 3.20. The molecule has 0 aliphatic carbocycles. The summed E-state index contributed by atoms with van der Waals surface area (Å²) < 4.78 is 2.20. The molecule has 1 unspecified atom stereocenters. The second-order valence-electron chi connectivity index (χ2n) is 4.70. The van der Waals surface area contributed by atoms with E-state index in [0.717, 1.165) is 29.6 Å². The van der Waals surface area contributed by atoms with Gasteiger partial charge in [0.2, 0.25) is 0 Å². The van der Waals surface area contributed by atoms with E-state index in [9.17, 15) is 0 Å². The van der Waals surface area contributed by atoms with Gasteiger partial charge >= 0.3 is 0 Å². The number of nitrogens with one attached hydrogen (secondary N) is 1. The Balaban J connectivity index is 1.80. The molecule has 3 heterocycles. The first-order valence-electron chi connectivity index (χ1n) is 6.54. The summed E-state index contributed by atoms with van der Waals surface area (Å²) in [5.74, 6) is 1.90. The Kier molecular flexibility index (Phi) is 2.82. The molecule has 0 bridgehead atoms. The van der Waals surface area contributed by atoms with E-state index in [1.54, 1.807) is 11.3 Å². The Morgan fingerprint density at radius 1 is 1.20 bits per heavy atom. The molecule has 0 saturated heterocycles. The Morgan fingerprint density at radius 3 is 2.90 bits per heavy atom. The summed E-state index contributed by atoms with van der Waals surface area (Å²) >= 11 is 1.60. The van der Waals surface area contributed by atoms with Gasteiger partial charge in [-0.25, -0.2) is 0 Å². The maximum Gasteiger partial charge on any atom is 0.175 e. The van der Waals surface area contributed by atoms with Crippen molar-refractivity contribution in [2.75, 3.05) is 6.54 Å². The van der Waals surface area contributed by atoms with Gasteiger partial charge in [-0.15, -0.1) is 21.5 Å². The largest absolute Gasteiger partial charge is 0.307 e. The van der Waals surface area contributed by atoms with Crippen LogP contribution in [0.4, 0.5) is 0 Å². The molecule has 2 aromatic heterocycles. The zero-order valence-electron chi connectivity index (χ0n) is 10.7. The molecule has 3 aromatic rings. The Bertz CT molecular complexity index is 705. The summed E-state index contributed by atoms with van der Waals surface area (Å²) in [7, 11) is 0. The molecule has 0 amide bonds. The smallest absolute Gasteiger partial charge is 0.175 e. The average molecular weight is 283 g/mol. The summed E-state index contributed by atoms with van der Waals surface area (Å²) in [5, 5.41) is 12.3. The highest BCUT2D eigenvalue weighted by molar-refractivity contribution is 7.13. The summed E-state index contributed by atoms with van der Waals surface area (Å²) in [6, 6.07) is 10.5. The molecule has 5 nitrogen and oxygen atoms in total. The zero-order valence-corrected chi connectivity index (χ0v) is 11.5. The van der Waals surface area contributed by atoms with Crippen molar-refractivity contribution in [3.8, 4) is 10.7 Å². The average Bonchev–Trinajstić information content (AvgIpc) is 3.16. The highest BCUT2D eigenvalue weighted by Gasteiger charge is 2.26. The van der Waals surface area contributed by atoms with Gasteiger partial charge in [0.05, 0.1) is 16.4 Å². The van der Waals surface area contributed by atoms with Crippen LogP contribution in [0.3, 0.4) is 0 Å². The van der Waals surface area contributed by atoms with Crippen LogP contribution >= 0.6 is 11.3 Å². The van der Waals surface area contributed by atoms with Gasteiger partial charge < -0.3 is 9.88 Å². The topological polar surface area (TPSA) is 55.6 Å². The minimum atomic E-state index is 0.110. The lowest BCUT2D eigenvalue weighted by Crippen LogP contribution is -2.34. The van der Waals surface area contributed by atoms with Gasteiger partial charge in [0.1, 0.15) is 0 Å². The second-order valence-corrected chi connectivity index (χ2v) is 5.58. The molecule has 1 N–H and O–H groups in total. The van der Waals surface area contributed by atoms with E-state index < -0.39 is 0 Å². The summed E-state index contributed by atoms with van der Waals surface area (Å²) in [4.78, 5) is 5.19. The van der Waals surface area contributed by atoms with Crippen LogP contribution in [0.25, 0.3) is 10.7 Å². The molecule has 0 saturated carbocycles. The molecular formula is C14H13N5S. The summed E-state index contributed by atoms with van der Waals surface area (Å²) in [6.45, 7) is 1.80. The molecular weight excluding hydrogens is 270 g/mol. The van der Waals surface area contributed by atoms with Crippen LogP contribution in [0.2, 0.25) is 0 Å². The highest BCUT2D eigenvalue weighted by atomic mass is 32.1. The Labute approximate surface area is 120 Å². The normalized spacial score (nSPS) is 17.9. The molecule has 1 atom stereocenters. The predicted molar refractivity (Wildman–Crippen MR) is 77.4 cm³/mol. The van der Waals surface area contributed by atoms with Gasteiger partial charge in [-0.1, -0.05) is 30.3 Å². The summed E-state index contributed by atoms with van der Waals surface area (Å²) in [5.41, 5.74) is 3.05. The van der Waals surface area contributed by atoms with E-state index in [1.165, 1.54) is 5.56 Å². The maximum absolute atomic E-state index is 4.40. The number of rotatable bonds is 2. The SMILES string of the molecule is c1ccc(C2NCCn3c(-c4cncs4)nnc32)cc1. The van der Waals surface area contributed by atoms with Crippen molar-refractivity contribution in [2.45, 2.75) is 12.6 Å². The second kappa shape index (κ2) is 4.81. The predicted octanol–water partition coefficient (Wildman–Crippen LogP) is 2.09. The quantitative estimate of drug-likeness (QED) is 0.782. The first-order valence-corrected chi connectivity index (χ1v) is 7.42. The van der Waals surface area contributed by atoms with Crippen LogP contribution in [0.15, 0.2) is 42.0 Å². The van der Waals surface area contributed by atoms with Crippen molar-refractivity contribution in [3.05, 3.63) is 53.4 Å². The molecule has 20 heavy (non-hydrogen) atoms. The fraction of sp³-hybridized carbons (Fsp3) is 0.214. The van der Waals surface area contributed by atoms with Crippen molar-refractivity contribution in [3.63, 3.8) is 0 Å². The van der Waals surface area contributed by atoms with Crippen LogP contribution in [0.5, 0.6) is 0 Å². The van der Waals surface area contributed by atoms with Gasteiger partial charge in [-0.05, 0) is 5.56 Å². The first kappa shape index (κ1) is 11.7. The molecule has 4 rings (SSSR count). The third kappa shape index (κ3) is 1.85. The fourth-order valence-electron chi connectivity index (χ4n) is 2.58. The van der Waals surface area contributed by atoms with Crippen molar-refractivity contribution < 1.29 is 0 Å². The van der Waals surface area contributed by atoms with Gasteiger partial charge in [0.15, 0.2) is 11.6 Å². The molecule has 0 spiro atoms. The van der Waals surface area contributed by atoms with Crippen LogP contribution < -0.4 is 5.32 Å². The van der Waals surface area contributed by atoms with Gasteiger partial charge in [0.25, 0.3) is 0 Å². The van der Waals surface area contributed by atoms with Crippen molar-refractivity contribution in [1.29, 1.82) is 0 Å². The van der Waals surface area contributed by atoms with Gasteiger partial charge in [-0.2, -0.15) is 0 Å². The first-order chi connectivity index (χ1) is 9.93. The number of thiazole rings is 1. The number of fused-ring (bicyclic) bond motifs is 1. The molecule has 100 valence electrons. The Morgan fingerprint density at radius 2 is 2.10 bits per heavy atom. The Hall–Kier alpha value is -2.05. The van der Waals surface area contributed by atoms with E-state index in [4.69, 9.17) is 0 Å². The monoisotopic (exact) mass is 283 g/mol. The van der Waals surface area contributed by atoms with Crippen molar-refractivity contribution >= 4 is 11.3 Å². The molecule has 0 radical (unpaired) electrons. The van der Waals surface area contributed by atoms with Crippen molar-refractivity contribution in [2.24, 2.45) is 0 Å². The van der Waals surface area contributed by atoms with Crippen molar-refractivity contribution in [1.82, 2.24) is 25.1 Å². The van der Waals surface area contributed by atoms with E-state index >= 15 is 0 Å². The molecule has 1 aromatic carbocycles. The minimum Gasteiger partial charge on any atom is -0.307 e. The molecule has 0 fully saturated rings. The zero-order chi connectivity index (χ0) is 13.4. The lowest BCUT2D eigenvalue weighted by atomic mass is 10.1. The lowest BCUT2D eigenvalue weighted by Gasteiger charge is -2.25. The van der Waals surface area contributed by atoms with Crippen LogP contribution in [-0.4, -0.2) is 26.3 Å². The molecule has 1 aliphatic rings. The van der Waals surface area contributed by atoms with E-state index in [-0.39, 0.29) is 6.04 Å². The third-order valence-corrected chi connectivity index (χ3v) is 4.28. The molecule has 6 heteroatoms. The number of hydrogen-bond acceptors (Lipinski definition) is 5. The lowest BCUT2D eigenvalue weighted by molar-refractivity contribution is 0.458. The highest BCUT2D eigenvalue weighted by Crippen LogP contribution is 2.28. The van der Waals surface area contributed by atoms with E-state index in [2.05, 4.69) is 49.3 Å². The van der Waals surface area contributed by atoms with Gasteiger partial charge in [-0.3, -0.25) is 4.98 Å². The third-order valence-electron chi connectivity index (χ3n) is 3.51. The van der Waals surface area contributed by atoms with Gasteiger partial charge in [0, 0.05) is 19.3 Å². The summed E-state index contributed by atoms with van der Waals surface area (Å²) in [6.07, 6.45) is 1.85. The number of nitrogens with zero attached hydrogens (tertiary/aromatic N) is 4. The minimum absolute atomic E-state index is 0.110. The number of aromatic nitrogens is 4. The van der Waals surface area contributed by atoms with Crippen LogP contribution in [-0.2, 0) is 6.54 Å². The number of hydrogen-bond donors (Lipinski definition) is 1. The van der Waals surface area contributed by atoms with E-state index in [0.29, 0.717) is 0 Å².